The minimum Gasteiger partial charge on any atom is -0.481 e. The van der Waals surface area contributed by atoms with E-state index >= 15 is 0 Å². The van der Waals surface area contributed by atoms with Crippen LogP contribution in [0.1, 0.15) is 32.6 Å². The van der Waals surface area contributed by atoms with Gasteiger partial charge in [-0.3, -0.25) is 9.59 Å². The zero-order valence-electron chi connectivity index (χ0n) is 10.4. The van der Waals surface area contributed by atoms with Gasteiger partial charge in [0.2, 0.25) is 5.91 Å². The van der Waals surface area contributed by atoms with Crippen molar-refractivity contribution in [2.75, 3.05) is 26.2 Å². The van der Waals surface area contributed by atoms with Crippen LogP contribution in [0.25, 0.3) is 0 Å². The molecule has 0 aromatic carbocycles. The first kappa shape index (κ1) is 14.0. The first-order valence-corrected chi connectivity index (χ1v) is 6.26. The molecule has 17 heavy (non-hydrogen) atoms. The highest BCUT2D eigenvalue weighted by Gasteiger charge is 2.19. The van der Waals surface area contributed by atoms with Gasteiger partial charge in [0, 0.05) is 33.0 Å². The zero-order chi connectivity index (χ0) is 12.7. The Labute approximate surface area is 102 Å². The number of nitrogens with one attached hydrogen (secondary N) is 1. The monoisotopic (exact) mass is 242 g/mol. The average molecular weight is 242 g/mol. The lowest BCUT2D eigenvalue weighted by molar-refractivity contribution is -0.137. The molecule has 98 valence electrons. The summed E-state index contributed by atoms with van der Waals surface area (Å²) >= 11 is 0. The number of carboxylic acid groups (broad SMARTS) is 1. The molecular weight excluding hydrogens is 220 g/mol. The topological polar surface area (TPSA) is 69.6 Å². The fourth-order valence-corrected chi connectivity index (χ4v) is 2.31. The summed E-state index contributed by atoms with van der Waals surface area (Å²) in [6.07, 6.45) is 3.30. The molecule has 0 aromatic heterocycles. The van der Waals surface area contributed by atoms with E-state index in [1.807, 2.05) is 0 Å². The maximum absolute atomic E-state index is 10.7. The van der Waals surface area contributed by atoms with Gasteiger partial charge in [0.25, 0.3) is 0 Å². The Hall–Kier alpha value is -1.10. The van der Waals surface area contributed by atoms with Gasteiger partial charge in [-0.05, 0) is 31.7 Å². The Kier molecular flexibility index (Phi) is 5.97. The number of carbonyl (C=O) groups is 2. The second-order valence-corrected chi connectivity index (χ2v) is 4.72. The molecule has 0 bridgehead atoms. The van der Waals surface area contributed by atoms with Gasteiger partial charge in [-0.25, -0.2) is 0 Å². The summed E-state index contributed by atoms with van der Waals surface area (Å²) in [5, 5.41) is 11.4. The summed E-state index contributed by atoms with van der Waals surface area (Å²) in [4.78, 5) is 23.6. The maximum Gasteiger partial charge on any atom is 0.303 e. The smallest absolute Gasteiger partial charge is 0.303 e. The predicted molar refractivity (Wildman–Crippen MR) is 64.7 cm³/mol. The molecule has 1 rings (SSSR count). The minimum absolute atomic E-state index is 0.00411. The van der Waals surface area contributed by atoms with Gasteiger partial charge in [0.1, 0.15) is 0 Å². The second kappa shape index (κ2) is 7.27. The van der Waals surface area contributed by atoms with Crippen LogP contribution in [0.4, 0.5) is 0 Å². The summed E-state index contributed by atoms with van der Waals surface area (Å²) in [7, 11) is 0. The van der Waals surface area contributed by atoms with E-state index in [1.54, 1.807) is 0 Å². The van der Waals surface area contributed by atoms with Crippen molar-refractivity contribution in [1.82, 2.24) is 10.2 Å². The van der Waals surface area contributed by atoms with Gasteiger partial charge in [-0.15, -0.1) is 0 Å². The van der Waals surface area contributed by atoms with E-state index in [0.29, 0.717) is 12.5 Å². The number of rotatable bonds is 6. The molecule has 5 heteroatoms. The van der Waals surface area contributed by atoms with Crippen molar-refractivity contribution in [3.63, 3.8) is 0 Å². The fraction of sp³-hybridized carbons (Fsp3) is 0.833. The van der Waals surface area contributed by atoms with E-state index < -0.39 is 5.97 Å². The third kappa shape index (κ3) is 6.26. The van der Waals surface area contributed by atoms with Crippen LogP contribution >= 0.6 is 0 Å². The van der Waals surface area contributed by atoms with Gasteiger partial charge in [-0.1, -0.05) is 0 Å². The molecule has 0 aliphatic carbocycles. The van der Waals surface area contributed by atoms with E-state index in [2.05, 4.69) is 10.2 Å². The van der Waals surface area contributed by atoms with Crippen LogP contribution in [0.2, 0.25) is 0 Å². The first-order valence-electron chi connectivity index (χ1n) is 6.26. The lowest BCUT2D eigenvalue weighted by Crippen LogP contribution is -2.40. The number of nitrogens with zero attached hydrogens (tertiary/aromatic N) is 1. The molecule has 1 fully saturated rings. The van der Waals surface area contributed by atoms with Crippen LogP contribution in [-0.4, -0.2) is 48.1 Å². The summed E-state index contributed by atoms with van der Waals surface area (Å²) in [6, 6.07) is 0. The molecule has 0 spiro atoms. The summed E-state index contributed by atoms with van der Waals surface area (Å²) < 4.78 is 0. The number of aliphatic carboxylic acids is 1. The summed E-state index contributed by atoms with van der Waals surface area (Å²) in [6.45, 7) is 5.09. The fourth-order valence-electron chi connectivity index (χ4n) is 2.31. The van der Waals surface area contributed by atoms with Crippen molar-refractivity contribution in [3.8, 4) is 0 Å². The Morgan fingerprint density at radius 2 is 2.24 bits per heavy atom. The van der Waals surface area contributed by atoms with Crippen LogP contribution in [0.3, 0.4) is 0 Å². The number of likely N-dealkylation sites (tertiary alicyclic amines) is 1. The normalized spacial score (nSPS) is 21.1. The molecule has 5 nitrogen and oxygen atoms in total. The highest BCUT2D eigenvalue weighted by atomic mass is 16.4. The highest BCUT2D eigenvalue weighted by molar-refractivity contribution is 5.72. The van der Waals surface area contributed by atoms with Crippen LogP contribution in [0.15, 0.2) is 0 Å². The van der Waals surface area contributed by atoms with Gasteiger partial charge in [0.15, 0.2) is 0 Å². The SMILES string of the molecule is CC(=O)NCCN1CCCC(CCC(=O)O)C1. The lowest BCUT2D eigenvalue weighted by Gasteiger charge is -2.32. The molecule has 0 radical (unpaired) electrons. The Morgan fingerprint density at radius 3 is 2.88 bits per heavy atom. The Balaban J connectivity index is 2.19. The largest absolute Gasteiger partial charge is 0.481 e. The second-order valence-electron chi connectivity index (χ2n) is 4.72. The van der Waals surface area contributed by atoms with Gasteiger partial charge >= 0.3 is 5.97 Å². The van der Waals surface area contributed by atoms with Gasteiger partial charge < -0.3 is 15.3 Å². The molecule has 1 saturated heterocycles. The summed E-state index contributed by atoms with van der Waals surface area (Å²) in [5.41, 5.74) is 0. The number of hydrogen-bond donors (Lipinski definition) is 2. The van der Waals surface area contributed by atoms with Crippen LogP contribution in [0.5, 0.6) is 0 Å². The summed E-state index contributed by atoms with van der Waals surface area (Å²) in [5.74, 6) is -0.206. The third-order valence-electron chi connectivity index (χ3n) is 3.17. The van der Waals surface area contributed by atoms with E-state index in [4.69, 9.17) is 5.11 Å². The van der Waals surface area contributed by atoms with Crippen molar-refractivity contribution in [1.29, 1.82) is 0 Å². The van der Waals surface area contributed by atoms with Crippen molar-refractivity contribution in [3.05, 3.63) is 0 Å². The molecular formula is C12H22N2O3. The molecule has 1 unspecified atom stereocenters. The van der Waals surface area contributed by atoms with Gasteiger partial charge in [-0.2, -0.15) is 0 Å². The van der Waals surface area contributed by atoms with Crippen molar-refractivity contribution in [2.45, 2.75) is 32.6 Å². The third-order valence-corrected chi connectivity index (χ3v) is 3.17. The maximum atomic E-state index is 10.7. The standard InChI is InChI=1S/C12H22N2O3/c1-10(15)13-6-8-14-7-2-3-11(9-14)4-5-12(16)17/h11H,2-9H2,1H3,(H,13,15)(H,16,17). The van der Waals surface area contributed by atoms with Crippen LogP contribution in [-0.2, 0) is 9.59 Å². The Morgan fingerprint density at radius 1 is 1.47 bits per heavy atom. The first-order chi connectivity index (χ1) is 8.08. The predicted octanol–water partition coefficient (Wildman–Crippen LogP) is 0.699. The Bertz CT molecular complexity index is 268. The van der Waals surface area contributed by atoms with Crippen molar-refractivity contribution in [2.24, 2.45) is 5.92 Å². The average Bonchev–Trinajstić information content (AvgIpc) is 2.26. The number of piperidine rings is 1. The van der Waals surface area contributed by atoms with Crippen LogP contribution < -0.4 is 5.32 Å². The number of amides is 1. The quantitative estimate of drug-likeness (QED) is 0.719. The molecule has 0 saturated carbocycles. The number of carbonyl (C=O) groups excluding carboxylic acids is 1. The van der Waals surface area contributed by atoms with E-state index in [0.717, 1.165) is 38.9 Å². The van der Waals surface area contributed by atoms with Crippen molar-refractivity contribution < 1.29 is 14.7 Å². The number of hydrogen-bond acceptors (Lipinski definition) is 3. The minimum atomic E-state index is -0.708. The molecule has 1 amide bonds. The van der Waals surface area contributed by atoms with E-state index in [1.165, 1.54) is 6.92 Å². The molecule has 1 atom stereocenters. The van der Waals surface area contributed by atoms with Crippen LogP contribution in [0, 0.1) is 5.92 Å². The molecule has 1 aliphatic heterocycles. The zero-order valence-corrected chi connectivity index (χ0v) is 10.4. The molecule has 2 N–H and O–H groups in total. The van der Waals surface area contributed by atoms with E-state index in [9.17, 15) is 9.59 Å². The van der Waals surface area contributed by atoms with Crippen molar-refractivity contribution >= 4 is 11.9 Å². The lowest BCUT2D eigenvalue weighted by atomic mass is 9.93. The van der Waals surface area contributed by atoms with E-state index in [-0.39, 0.29) is 12.3 Å². The molecule has 0 aromatic rings. The highest BCUT2D eigenvalue weighted by Crippen LogP contribution is 2.20. The number of carboxylic acids is 1. The molecule has 1 heterocycles. The van der Waals surface area contributed by atoms with Gasteiger partial charge in [0.05, 0.1) is 0 Å². The molecule has 1 aliphatic rings.